The third-order valence-corrected chi connectivity index (χ3v) is 3.10. The third kappa shape index (κ3) is 4.35. The van der Waals surface area contributed by atoms with Crippen LogP contribution in [0.2, 0.25) is 0 Å². The lowest BCUT2D eigenvalue weighted by Crippen LogP contribution is -2.32. The summed E-state index contributed by atoms with van der Waals surface area (Å²) in [6.45, 7) is 7.78. The molecule has 3 heteroatoms. The summed E-state index contributed by atoms with van der Waals surface area (Å²) in [6, 6.07) is 2.68. The van der Waals surface area contributed by atoms with Gasteiger partial charge in [-0.05, 0) is 24.9 Å². The summed E-state index contributed by atoms with van der Waals surface area (Å²) in [7, 11) is 1.97. The lowest BCUT2D eigenvalue weighted by molar-refractivity contribution is 0.394. The number of rotatable bonds is 7. The number of aromatic nitrogens is 2. The Bertz CT molecular complexity index is 293. The normalized spacial score (nSPS) is 15.0. The van der Waals surface area contributed by atoms with Gasteiger partial charge < -0.3 is 5.32 Å². The molecule has 0 radical (unpaired) electrons. The molecule has 0 spiro atoms. The molecule has 2 atom stereocenters. The van der Waals surface area contributed by atoms with E-state index in [1.165, 1.54) is 18.5 Å². The molecule has 1 N–H and O–H groups in total. The zero-order chi connectivity index (χ0) is 12.0. The Morgan fingerprint density at radius 1 is 1.44 bits per heavy atom. The summed E-state index contributed by atoms with van der Waals surface area (Å²) in [6.07, 6.45) is 5.55. The van der Waals surface area contributed by atoms with Gasteiger partial charge >= 0.3 is 0 Å². The van der Waals surface area contributed by atoms with E-state index in [-0.39, 0.29) is 0 Å². The molecule has 0 aliphatic heterocycles. The molecule has 0 aromatic carbocycles. The lowest BCUT2D eigenvalue weighted by Gasteiger charge is -2.20. The number of hydrogen-bond donors (Lipinski definition) is 1. The van der Waals surface area contributed by atoms with Crippen LogP contribution in [0.5, 0.6) is 0 Å². The van der Waals surface area contributed by atoms with Crippen LogP contribution < -0.4 is 5.32 Å². The minimum Gasteiger partial charge on any atom is -0.314 e. The van der Waals surface area contributed by atoms with Gasteiger partial charge in [0.15, 0.2) is 0 Å². The van der Waals surface area contributed by atoms with E-state index >= 15 is 0 Å². The van der Waals surface area contributed by atoms with Crippen molar-refractivity contribution >= 4 is 0 Å². The van der Waals surface area contributed by atoms with E-state index in [4.69, 9.17) is 0 Å². The summed E-state index contributed by atoms with van der Waals surface area (Å²) in [5, 5.41) is 8.00. The van der Waals surface area contributed by atoms with E-state index in [2.05, 4.69) is 37.3 Å². The first-order chi connectivity index (χ1) is 7.65. The van der Waals surface area contributed by atoms with E-state index in [1.54, 1.807) is 0 Å². The second-order valence-corrected chi connectivity index (χ2v) is 4.69. The average Bonchev–Trinajstić information content (AvgIpc) is 2.64. The van der Waals surface area contributed by atoms with Gasteiger partial charge in [0.2, 0.25) is 0 Å². The highest BCUT2D eigenvalue weighted by Crippen LogP contribution is 2.13. The molecule has 0 bridgehead atoms. The van der Waals surface area contributed by atoms with Crippen LogP contribution in [0.25, 0.3) is 0 Å². The van der Waals surface area contributed by atoms with Gasteiger partial charge in [0.1, 0.15) is 0 Å². The van der Waals surface area contributed by atoms with E-state index < -0.39 is 0 Å². The van der Waals surface area contributed by atoms with Crippen molar-refractivity contribution in [2.24, 2.45) is 13.0 Å². The molecule has 92 valence electrons. The van der Waals surface area contributed by atoms with Crippen LogP contribution >= 0.6 is 0 Å². The maximum atomic E-state index is 4.44. The second-order valence-electron chi connectivity index (χ2n) is 4.69. The number of nitrogens with zero attached hydrogens (tertiary/aromatic N) is 2. The van der Waals surface area contributed by atoms with Crippen molar-refractivity contribution in [3.8, 4) is 0 Å². The Hall–Kier alpha value is -0.830. The topological polar surface area (TPSA) is 29.9 Å². The van der Waals surface area contributed by atoms with Crippen LogP contribution in [0.15, 0.2) is 12.3 Å². The van der Waals surface area contributed by atoms with Crippen molar-refractivity contribution in [2.45, 2.75) is 46.1 Å². The summed E-state index contributed by atoms with van der Waals surface area (Å²) < 4.78 is 1.88. The molecule has 3 nitrogen and oxygen atoms in total. The molecule has 1 heterocycles. The number of hydrogen-bond acceptors (Lipinski definition) is 2. The van der Waals surface area contributed by atoms with Crippen LogP contribution in [-0.4, -0.2) is 22.4 Å². The Morgan fingerprint density at radius 3 is 2.69 bits per heavy atom. The molecular weight excluding hydrogens is 198 g/mol. The summed E-state index contributed by atoms with van der Waals surface area (Å²) in [5.41, 5.74) is 1.19. The van der Waals surface area contributed by atoms with Crippen LogP contribution in [-0.2, 0) is 13.5 Å². The van der Waals surface area contributed by atoms with Crippen LogP contribution in [0, 0.1) is 5.92 Å². The molecule has 2 unspecified atom stereocenters. The van der Waals surface area contributed by atoms with Crippen molar-refractivity contribution in [3.63, 3.8) is 0 Å². The first-order valence-electron chi connectivity index (χ1n) is 6.37. The van der Waals surface area contributed by atoms with Gasteiger partial charge in [-0.3, -0.25) is 4.68 Å². The van der Waals surface area contributed by atoms with Crippen molar-refractivity contribution in [2.75, 3.05) is 6.54 Å². The highest BCUT2D eigenvalue weighted by atomic mass is 15.2. The summed E-state index contributed by atoms with van der Waals surface area (Å²) in [5.74, 6) is 0.785. The average molecular weight is 223 g/mol. The molecule has 16 heavy (non-hydrogen) atoms. The quantitative estimate of drug-likeness (QED) is 0.769. The van der Waals surface area contributed by atoms with Gasteiger partial charge in [-0.15, -0.1) is 0 Å². The number of likely N-dealkylation sites (N-methyl/N-ethyl adjacent to an activating group) is 1. The van der Waals surface area contributed by atoms with Crippen LogP contribution in [0.3, 0.4) is 0 Å². The molecule has 0 saturated heterocycles. The second kappa shape index (κ2) is 6.69. The molecule has 1 aromatic heterocycles. The Balaban J connectivity index is 2.50. The van der Waals surface area contributed by atoms with Crippen molar-refractivity contribution in [1.29, 1.82) is 0 Å². The fraction of sp³-hybridized carbons (Fsp3) is 0.769. The maximum Gasteiger partial charge on any atom is 0.0640 e. The Labute approximate surface area is 99.2 Å². The van der Waals surface area contributed by atoms with Crippen molar-refractivity contribution < 1.29 is 0 Å². The van der Waals surface area contributed by atoms with Crippen LogP contribution in [0.1, 0.15) is 39.3 Å². The molecule has 0 amide bonds. The molecular formula is C13H25N3. The van der Waals surface area contributed by atoms with Gasteiger partial charge in [-0.2, -0.15) is 5.10 Å². The largest absolute Gasteiger partial charge is 0.314 e. The first-order valence-corrected chi connectivity index (χ1v) is 6.37. The lowest BCUT2D eigenvalue weighted by atomic mass is 9.96. The minimum atomic E-state index is 0.565. The predicted molar refractivity (Wildman–Crippen MR) is 68.4 cm³/mol. The predicted octanol–water partition coefficient (Wildman–Crippen LogP) is 2.38. The fourth-order valence-electron chi connectivity index (χ4n) is 2.00. The van der Waals surface area contributed by atoms with Crippen molar-refractivity contribution in [1.82, 2.24) is 15.1 Å². The molecule has 0 saturated carbocycles. The first kappa shape index (κ1) is 13.2. The van der Waals surface area contributed by atoms with E-state index in [1.807, 2.05) is 17.9 Å². The molecule has 1 rings (SSSR count). The molecule has 1 aromatic rings. The van der Waals surface area contributed by atoms with Gasteiger partial charge in [-0.25, -0.2) is 0 Å². The molecule has 0 aliphatic carbocycles. The fourth-order valence-corrected chi connectivity index (χ4v) is 2.00. The highest BCUT2D eigenvalue weighted by molar-refractivity contribution is 5.01. The van der Waals surface area contributed by atoms with Gasteiger partial charge in [0.25, 0.3) is 0 Å². The minimum absolute atomic E-state index is 0.565. The standard InChI is InChI=1S/C13H25N3/c1-5-11(3)9-13(14-6-2)10-12-7-8-16(4)15-12/h7-8,11,13-14H,5-6,9-10H2,1-4H3. The smallest absolute Gasteiger partial charge is 0.0640 e. The van der Waals surface area contributed by atoms with E-state index in [0.29, 0.717) is 6.04 Å². The highest BCUT2D eigenvalue weighted by Gasteiger charge is 2.13. The third-order valence-electron chi connectivity index (χ3n) is 3.10. The van der Waals surface area contributed by atoms with E-state index in [9.17, 15) is 0 Å². The zero-order valence-electron chi connectivity index (χ0n) is 11.0. The monoisotopic (exact) mass is 223 g/mol. The van der Waals surface area contributed by atoms with Gasteiger partial charge in [0.05, 0.1) is 5.69 Å². The summed E-state index contributed by atoms with van der Waals surface area (Å²) in [4.78, 5) is 0. The molecule has 0 fully saturated rings. The Kier molecular flexibility index (Phi) is 5.53. The summed E-state index contributed by atoms with van der Waals surface area (Å²) >= 11 is 0. The van der Waals surface area contributed by atoms with Crippen molar-refractivity contribution in [3.05, 3.63) is 18.0 Å². The van der Waals surface area contributed by atoms with Crippen LogP contribution in [0.4, 0.5) is 0 Å². The zero-order valence-corrected chi connectivity index (χ0v) is 11.0. The van der Waals surface area contributed by atoms with Gasteiger partial charge in [-0.1, -0.05) is 27.2 Å². The number of nitrogens with one attached hydrogen (secondary N) is 1. The maximum absolute atomic E-state index is 4.44. The van der Waals surface area contributed by atoms with E-state index in [0.717, 1.165) is 18.9 Å². The number of aryl methyl sites for hydroxylation is 1. The SMILES string of the molecule is CCNC(Cc1ccn(C)n1)CC(C)CC. The van der Waals surface area contributed by atoms with Gasteiger partial charge in [0, 0.05) is 25.7 Å². The Morgan fingerprint density at radius 2 is 2.19 bits per heavy atom. The molecule has 0 aliphatic rings.